The molecule has 0 unspecified atom stereocenters. The van der Waals surface area contributed by atoms with Crippen LogP contribution in [0.3, 0.4) is 0 Å². The molecule has 3 N–H and O–H groups in total. The van der Waals surface area contributed by atoms with Crippen LogP contribution in [-0.4, -0.2) is 59.7 Å². The van der Waals surface area contributed by atoms with E-state index in [4.69, 9.17) is 4.74 Å². The van der Waals surface area contributed by atoms with Gasteiger partial charge in [0.25, 0.3) is 5.91 Å². The Morgan fingerprint density at radius 1 is 1.12 bits per heavy atom. The topological polar surface area (TPSA) is 123 Å². The predicted octanol–water partition coefficient (Wildman–Crippen LogP) is 2.35. The normalized spacial score (nSPS) is 11.8. The van der Waals surface area contributed by atoms with Crippen molar-refractivity contribution >= 4 is 25.2 Å². The molecule has 0 saturated carbocycles. The van der Waals surface area contributed by atoms with Gasteiger partial charge in [-0.3, -0.25) is 4.79 Å². The van der Waals surface area contributed by atoms with Gasteiger partial charge in [0.2, 0.25) is 0 Å². The molecule has 34 heavy (non-hydrogen) atoms. The van der Waals surface area contributed by atoms with Crippen molar-refractivity contribution in [2.24, 2.45) is 0 Å². The lowest BCUT2D eigenvalue weighted by atomic mass is 9.76. The van der Waals surface area contributed by atoms with Crippen LogP contribution in [-0.2, 0) is 22.4 Å². The van der Waals surface area contributed by atoms with Crippen molar-refractivity contribution in [1.29, 1.82) is 5.26 Å². The minimum atomic E-state index is -1.73. The number of nitrogens with one attached hydrogen (secondary N) is 1. The number of rotatable bonds is 11. The number of hydrogen-bond donors (Lipinski definition) is 3. The third-order valence-electron chi connectivity index (χ3n) is 5.25. The van der Waals surface area contributed by atoms with E-state index in [1.54, 1.807) is 23.1 Å². The van der Waals surface area contributed by atoms with Crippen LogP contribution in [0.2, 0.25) is 0 Å². The summed E-state index contributed by atoms with van der Waals surface area (Å²) in [5, 5.41) is 31.1. The number of ether oxygens (including phenoxy) is 1. The Hall–Kier alpha value is -3.61. The van der Waals surface area contributed by atoms with Crippen LogP contribution in [0.1, 0.15) is 30.5 Å². The minimum Gasteiger partial charge on any atom is -0.449 e. The number of amides is 2. The van der Waals surface area contributed by atoms with Gasteiger partial charge in [-0.1, -0.05) is 54.6 Å². The van der Waals surface area contributed by atoms with Crippen molar-refractivity contribution < 1.29 is 24.4 Å². The highest BCUT2D eigenvalue weighted by Crippen LogP contribution is 2.13. The van der Waals surface area contributed by atoms with Crippen LogP contribution in [0.5, 0.6) is 0 Å². The van der Waals surface area contributed by atoms with Crippen molar-refractivity contribution in [2.75, 3.05) is 19.7 Å². The van der Waals surface area contributed by atoms with E-state index in [1.807, 2.05) is 62.4 Å². The van der Waals surface area contributed by atoms with E-state index in [1.165, 1.54) is 0 Å². The third-order valence-corrected chi connectivity index (χ3v) is 5.25. The van der Waals surface area contributed by atoms with Gasteiger partial charge in [0.1, 0.15) is 11.6 Å². The molecule has 0 aliphatic heterocycles. The van der Waals surface area contributed by atoms with E-state index in [2.05, 4.69) is 5.32 Å². The van der Waals surface area contributed by atoms with Crippen LogP contribution < -0.4 is 5.32 Å². The monoisotopic (exact) mass is 463 g/mol. The molecule has 0 bridgehead atoms. The maximum Gasteiger partial charge on any atom is 0.475 e. The standard InChI is InChI=1S/C25H30BN3O5/c1-3-29(4-2)24(30)22(18-27)16-21-12-8-11-20(15-21)13-14-34-25(31)28-23(26(32)33)17-19-9-6-5-7-10-19/h5-12,15-16,23,32-33H,3-4,13-14,17H2,1-2H3,(H,28,31)/t23-/m0/s1. The second-order valence-electron chi connectivity index (χ2n) is 7.63. The maximum absolute atomic E-state index is 12.5. The van der Waals surface area contributed by atoms with Gasteiger partial charge in [-0.25, -0.2) is 4.79 Å². The van der Waals surface area contributed by atoms with Crippen molar-refractivity contribution in [2.45, 2.75) is 32.6 Å². The molecule has 1 atom stereocenters. The van der Waals surface area contributed by atoms with Crippen LogP contribution in [0.15, 0.2) is 60.2 Å². The first-order valence-electron chi connectivity index (χ1n) is 11.2. The SMILES string of the molecule is CCN(CC)C(=O)C(C#N)=Cc1cccc(CCOC(=O)N[C@@H](Cc2ccccc2)B(O)O)c1. The summed E-state index contributed by atoms with van der Waals surface area (Å²) in [5.74, 6) is -1.22. The maximum atomic E-state index is 12.5. The first-order valence-corrected chi connectivity index (χ1v) is 11.2. The summed E-state index contributed by atoms with van der Waals surface area (Å²) in [6.07, 6.45) is 1.46. The number of nitrogens with zero attached hydrogens (tertiary/aromatic N) is 2. The lowest BCUT2D eigenvalue weighted by Crippen LogP contribution is -2.48. The van der Waals surface area contributed by atoms with E-state index in [0.29, 0.717) is 25.1 Å². The van der Waals surface area contributed by atoms with E-state index in [0.717, 1.165) is 11.1 Å². The molecule has 0 aromatic heterocycles. The number of carbonyl (C=O) groups is 2. The molecule has 9 heteroatoms. The number of likely N-dealkylation sites (N-methyl/N-ethyl adjacent to an activating group) is 1. The Morgan fingerprint density at radius 3 is 2.41 bits per heavy atom. The summed E-state index contributed by atoms with van der Waals surface area (Å²) in [6.45, 7) is 4.83. The van der Waals surface area contributed by atoms with E-state index >= 15 is 0 Å². The Labute approximate surface area is 200 Å². The van der Waals surface area contributed by atoms with Crippen molar-refractivity contribution in [3.63, 3.8) is 0 Å². The van der Waals surface area contributed by atoms with Crippen molar-refractivity contribution in [3.05, 3.63) is 76.9 Å². The van der Waals surface area contributed by atoms with Gasteiger partial charge in [-0.05, 0) is 43.0 Å². The van der Waals surface area contributed by atoms with Crippen LogP contribution >= 0.6 is 0 Å². The molecule has 0 heterocycles. The summed E-state index contributed by atoms with van der Waals surface area (Å²) < 4.78 is 5.20. The van der Waals surface area contributed by atoms with Gasteiger partial charge in [0.05, 0.1) is 12.5 Å². The van der Waals surface area contributed by atoms with Gasteiger partial charge in [-0.15, -0.1) is 0 Å². The molecule has 2 amide bonds. The minimum absolute atomic E-state index is 0.0588. The quantitative estimate of drug-likeness (QED) is 0.267. The van der Waals surface area contributed by atoms with E-state index in [-0.39, 0.29) is 24.5 Å². The second kappa shape index (κ2) is 13.8. The molecule has 2 aromatic rings. The first-order chi connectivity index (χ1) is 16.4. The van der Waals surface area contributed by atoms with Crippen molar-refractivity contribution in [1.82, 2.24) is 10.2 Å². The fourth-order valence-corrected chi connectivity index (χ4v) is 3.38. The molecular weight excluding hydrogens is 433 g/mol. The second-order valence-corrected chi connectivity index (χ2v) is 7.63. The molecule has 2 rings (SSSR count). The number of alkyl carbamates (subject to hydrolysis) is 1. The van der Waals surface area contributed by atoms with Gasteiger partial charge < -0.3 is 25.0 Å². The molecule has 0 saturated heterocycles. The number of carbonyl (C=O) groups excluding carboxylic acids is 2. The average Bonchev–Trinajstić information content (AvgIpc) is 2.83. The summed E-state index contributed by atoms with van der Waals surface area (Å²) >= 11 is 0. The van der Waals surface area contributed by atoms with E-state index in [9.17, 15) is 24.9 Å². The Kier molecular flexibility index (Phi) is 10.8. The van der Waals surface area contributed by atoms with E-state index < -0.39 is 19.2 Å². The predicted molar refractivity (Wildman–Crippen MR) is 130 cm³/mol. The smallest absolute Gasteiger partial charge is 0.449 e. The summed E-state index contributed by atoms with van der Waals surface area (Å²) in [6, 6.07) is 18.4. The average molecular weight is 463 g/mol. The number of nitriles is 1. The zero-order valence-corrected chi connectivity index (χ0v) is 19.5. The lowest BCUT2D eigenvalue weighted by molar-refractivity contribution is -0.126. The molecular formula is C25H30BN3O5. The molecule has 2 aromatic carbocycles. The fourth-order valence-electron chi connectivity index (χ4n) is 3.38. The molecule has 0 aliphatic carbocycles. The molecule has 8 nitrogen and oxygen atoms in total. The van der Waals surface area contributed by atoms with Gasteiger partial charge >= 0.3 is 13.2 Å². The van der Waals surface area contributed by atoms with Crippen molar-refractivity contribution in [3.8, 4) is 6.07 Å². The molecule has 0 radical (unpaired) electrons. The summed E-state index contributed by atoms with van der Waals surface area (Å²) in [4.78, 5) is 26.2. The van der Waals surface area contributed by atoms with Crippen LogP contribution in [0, 0.1) is 11.3 Å². The van der Waals surface area contributed by atoms with Gasteiger partial charge in [0.15, 0.2) is 0 Å². The third kappa shape index (κ3) is 8.39. The van der Waals surface area contributed by atoms with Gasteiger partial charge in [0, 0.05) is 19.5 Å². The Bertz CT molecular complexity index is 1020. The molecule has 0 aliphatic rings. The highest BCUT2D eigenvalue weighted by molar-refractivity contribution is 6.43. The Morgan fingerprint density at radius 2 is 1.79 bits per heavy atom. The molecule has 0 fully saturated rings. The van der Waals surface area contributed by atoms with Gasteiger partial charge in [-0.2, -0.15) is 5.26 Å². The largest absolute Gasteiger partial charge is 0.475 e. The number of hydrogen-bond acceptors (Lipinski definition) is 6. The van der Waals surface area contributed by atoms with Crippen LogP contribution in [0.25, 0.3) is 6.08 Å². The Balaban J connectivity index is 1.93. The fraction of sp³-hybridized carbons (Fsp3) is 0.320. The van der Waals surface area contributed by atoms with Crippen LogP contribution in [0.4, 0.5) is 4.79 Å². The summed E-state index contributed by atoms with van der Waals surface area (Å²) in [7, 11) is -1.73. The molecule has 0 spiro atoms. The first kappa shape index (κ1) is 26.6. The zero-order valence-electron chi connectivity index (χ0n) is 19.5. The zero-order chi connectivity index (χ0) is 24.9. The number of benzene rings is 2. The highest BCUT2D eigenvalue weighted by Gasteiger charge is 2.26. The molecule has 178 valence electrons. The highest BCUT2D eigenvalue weighted by atomic mass is 16.5. The summed E-state index contributed by atoms with van der Waals surface area (Å²) in [5.41, 5.74) is 2.47. The lowest BCUT2D eigenvalue weighted by Gasteiger charge is -2.18.